The average molecular weight is 536 g/mol. The first-order valence-electron chi connectivity index (χ1n) is 10.2. The Bertz CT molecular complexity index is 981. The molecule has 1 unspecified atom stereocenters. The van der Waals surface area contributed by atoms with Crippen LogP contribution in [0.25, 0.3) is 10.6 Å². The normalized spacial score (nSPS) is 16.6. The smallest absolute Gasteiger partial charge is 0.194 e. The summed E-state index contributed by atoms with van der Waals surface area (Å²) in [7, 11) is 1.98. The Morgan fingerprint density at radius 3 is 2.80 bits per heavy atom. The molecule has 1 aliphatic heterocycles. The van der Waals surface area contributed by atoms with Crippen molar-refractivity contribution in [2.45, 2.75) is 32.7 Å². The second-order valence-electron chi connectivity index (χ2n) is 7.44. The highest BCUT2D eigenvalue weighted by molar-refractivity contribution is 14.0. The number of hydrogen-bond donors (Lipinski definition) is 1. The summed E-state index contributed by atoms with van der Waals surface area (Å²) in [5, 5.41) is 8.86. The molecule has 1 N–H and O–H groups in total. The minimum Gasteiger partial charge on any atom is -0.357 e. The third-order valence-corrected chi connectivity index (χ3v) is 6.50. The summed E-state index contributed by atoms with van der Waals surface area (Å²) in [6, 6.07) is 10.4. The van der Waals surface area contributed by atoms with E-state index < -0.39 is 0 Å². The monoisotopic (exact) mass is 536 g/mol. The molecule has 1 aromatic carbocycles. The lowest BCUT2D eigenvalue weighted by Crippen LogP contribution is -2.40. The molecule has 1 aliphatic rings. The van der Waals surface area contributed by atoms with Gasteiger partial charge in [0.15, 0.2) is 5.96 Å². The second kappa shape index (κ2) is 10.4. The Labute approximate surface area is 199 Å². The van der Waals surface area contributed by atoms with Gasteiger partial charge in [0.05, 0.1) is 18.4 Å². The fourth-order valence-corrected chi connectivity index (χ4v) is 4.72. The summed E-state index contributed by atoms with van der Waals surface area (Å²) in [5.41, 5.74) is 3.56. The molecule has 2 aromatic heterocycles. The Morgan fingerprint density at radius 2 is 2.10 bits per heavy atom. The van der Waals surface area contributed by atoms with Gasteiger partial charge in [-0.2, -0.15) is 5.10 Å². The lowest BCUT2D eigenvalue weighted by atomic mass is 10.0. The number of thiazole rings is 1. The Hall–Kier alpha value is -1.94. The molecule has 8 heteroatoms. The highest BCUT2D eigenvalue weighted by Crippen LogP contribution is 2.29. The Morgan fingerprint density at radius 1 is 1.30 bits per heavy atom. The number of guanidine groups is 1. The van der Waals surface area contributed by atoms with Crippen LogP contribution in [0.3, 0.4) is 0 Å². The molecule has 0 aliphatic carbocycles. The largest absolute Gasteiger partial charge is 0.357 e. The minimum absolute atomic E-state index is 0. The van der Waals surface area contributed by atoms with E-state index in [1.807, 2.05) is 24.0 Å². The van der Waals surface area contributed by atoms with Crippen molar-refractivity contribution in [1.29, 1.82) is 0 Å². The quantitative estimate of drug-likeness (QED) is 0.298. The number of nitrogens with zero attached hydrogens (tertiary/aromatic N) is 5. The van der Waals surface area contributed by atoms with Crippen molar-refractivity contribution >= 4 is 41.3 Å². The van der Waals surface area contributed by atoms with Crippen LogP contribution in [0.2, 0.25) is 0 Å². The molecular formula is C22H29IN6S. The summed E-state index contributed by atoms with van der Waals surface area (Å²) in [5.74, 6) is 1.51. The van der Waals surface area contributed by atoms with Crippen molar-refractivity contribution in [3.05, 3.63) is 58.9 Å². The molecule has 0 radical (unpaired) electrons. The fourth-order valence-electron chi connectivity index (χ4n) is 3.73. The van der Waals surface area contributed by atoms with E-state index in [0.717, 1.165) is 42.7 Å². The van der Waals surface area contributed by atoms with E-state index in [4.69, 9.17) is 9.98 Å². The number of aryl methyl sites for hydroxylation is 2. The van der Waals surface area contributed by atoms with Crippen molar-refractivity contribution in [3.8, 4) is 10.6 Å². The first kappa shape index (κ1) is 22.7. The summed E-state index contributed by atoms with van der Waals surface area (Å²) in [4.78, 5) is 13.3. The van der Waals surface area contributed by atoms with Crippen molar-refractivity contribution in [3.63, 3.8) is 0 Å². The number of nitrogens with one attached hydrogen (secondary N) is 1. The highest BCUT2D eigenvalue weighted by Gasteiger charge is 2.27. The van der Waals surface area contributed by atoms with Gasteiger partial charge < -0.3 is 10.2 Å². The molecule has 0 spiro atoms. The van der Waals surface area contributed by atoms with Crippen LogP contribution in [-0.2, 0) is 13.6 Å². The molecule has 0 bridgehead atoms. The van der Waals surface area contributed by atoms with Crippen LogP contribution in [0.5, 0.6) is 0 Å². The van der Waals surface area contributed by atoms with Crippen LogP contribution in [0.4, 0.5) is 0 Å². The summed E-state index contributed by atoms with van der Waals surface area (Å²) < 4.78 is 1.88. The van der Waals surface area contributed by atoms with Gasteiger partial charge in [0.25, 0.3) is 0 Å². The van der Waals surface area contributed by atoms with Gasteiger partial charge >= 0.3 is 0 Å². The maximum atomic E-state index is 4.95. The number of aliphatic imine (C=N–C) groups is 1. The van der Waals surface area contributed by atoms with Crippen LogP contribution in [0, 0.1) is 6.92 Å². The molecule has 3 heterocycles. The lowest BCUT2D eigenvalue weighted by Gasteiger charge is -2.21. The van der Waals surface area contributed by atoms with Gasteiger partial charge in [0.2, 0.25) is 0 Å². The van der Waals surface area contributed by atoms with Crippen molar-refractivity contribution < 1.29 is 0 Å². The molecule has 30 heavy (non-hydrogen) atoms. The molecular weight excluding hydrogens is 507 g/mol. The van der Waals surface area contributed by atoms with Crippen LogP contribution in [-0.4, -0.2) is 45.3 Å². The average Bonchev–Trinajstić information content (AvgIpc) is 3.46. The molecule has 1 fully saturated rings. The topological polar surface area (TPSA) is 58.3 Å². The fraction of sp³-hybridized carbons (Fsp3) is 0.409. The Balaban J connectivity index is 0.00000256. The first-order valence-corrected chi connectivity index (χ1v) is 11.0. The van der Waals surface area contributed by atoms with Gasteiger partial charge in [0.1, 0.15) is 5.01 Å². The number of halogens is 1. The lowest BCUT2D eigenvalue weighted by molar-refractivity contribution is 0.486. The molecule has 3 aromatic rings. The van der Waals surface area contributed by atoms with Crippen molar-refractivity contribution in [2.24, 2.45) is 12.0 Å². The van der Waals surface area contributed by atoms with E-state index >= 15 is 0 Å². The van der Waals surface area contributed by atoms with Crippen molar-refractivity contribution in [2.75, 3.05) is 19.6 Å². The zero-order chi connectivity index (χ0) is 20.2. The Kier molecular flexibility index (Phi) is 7.87. The van der Waals surface area contributed by atoms with Gasteiger partial charge in [-0.05, 0) is 25.8 Å². The molecule has 6 nitrogen and oxygen atoms in total. The molecule has 0 amide bonds. The van der Waals surface area contributed by atoms with E-state index in [-0.39, 0.29) is 24.0 Å². The van der Waals surface area contributed by atoms with Crippen LogP contribution in [0.15, 0.2) is 47.7 Å². The minimum atomic E-state index is 0. The third kappa shape index (κ3) is 5.21. The standard InChI is InChI=1S/C22H28N6S.HI/c1-4-23-22(28-11-10-18(15-28)19-12-25-27(3)14-19)24-13-20-16(2)26-21(29-20)17-8-6-5-7-9-17;/h5-9,12,14,18H,4,10-11,13,15H2,1-3H3,(H,23,24);1H. The van der Waals surface area contributed by atoms with Crippen LogP contribution >= 0.6 is 35.3 Å². The number of rotatable bonds is 5. The van der Waals surface area contributed by atoms with Crippen molar-refractivity contribution in [1.82, 2.24) is 25.0 Å². The van der Waals surface area contributed by atoms with Crippen LogP contribution in [0.1, 0.15) is 35.4 Å². The maximum absolute atomic E-state index is 4.95. The molecule has 4 rings (SSSR count). The zero-order valence-corrected chi connectivity index (χ0v) is 20.9. The van der Waals surface area contributed by atoms with E-state index in [0.29, 0.717) is 12.5 Å². The highest BCUT2D eigenvalue weighted by atomic mass is 127. The van der Waals surface area contributed by atoms with Crippen LogP contribution < -0.4 is 5.32 Å². The molecule has 160 valence electrons. The first-order chi connectivity index (χ1) is 14.1. The second-order valence-corrected chi connectivity index (χ2v) is 8.53. The van der Waals surface area contributed by atoms with Gasteiger partial charge in [-0.1, -0.05) is 30.3 Å². The molecule has 1 atom stereocenters. The number of likely N-dealkylation sites (tertiary alicyclic amines) is 1. The number of hydrogen-bond acceptors (Lipinski definition) is 4. The van der Waals surface area contributed by atoms with Gasteiger partial charge in [-0.15, -0.1) is 35.3 Å². The SMILES string of the molecule is CCNC(=NCc1sc(-c2ccccc2)nc1C)N1CCC(c2cnn(C)c2)C1.I. The van der Waals surface area contributed by atoms with E-state index in [1.165, 1.54) is 16.0 Å². The summed E-state index contributed by atoms with van der Waals surface area (Å²) in [6.07, 6.45) is 5.25. The van der Waals surface area contributed by atoms with Gasteiger partial charge in [-0.3, -0.25) is 4.68 Å². The summed E-state index contributed by atoms with van der Waals surface area (Å²) in [6.45, 7) is 7.72. The number of aromatic nitrogens is 3. The third-order valence-electron chi connectivity index (χ3n) is 5.30. The van der Waals surface area contributed by atoms with Gasteiger partial charge in [0, 0.05) is 49.2 Å². The molecule has 0 saturated carbocycles. The van der Waals surface area contributed by atoms with E-state index in [9.17, 15) is 0 Å². The predicted molar refractivity (Wildman–Crippen MR) is 135 cm³/mol. The zero-order valence-electron chi connectivity index (χ0n) is 17.7. The van der Waals surface area contributed by atoms with E-state index in [1.54, 1.807) is 11.3 Å². The number of benzene rings is 1. The van der Waals surface area contributed by atoms with E-state index in [2.05, 4.69) is 59.6 Å². The van der Waals surface area contributed by atoms with Gasteiger partial charge in [-0.25, -0.2) is 9.98 Å². The summed E-state index contributed by atoms with van der Waals surface area (Å²) >= 11 is 1.74. The maximum Gasteiger partial charge on any atom is 0.194 e. The predicted octanol–water partition coefficient (Wildman–Crippen LogP) is 4.43. The molecule has 1 saturated heterocycles.